The van der Waals surface area contributed by atoms with Crippen molar-refractivity contribution >= 4 is 5.97 Å². The summed E-state index contributed by atoms with van der Waals surface area (Å²) in [6.45, 7) is 13.5. The molecule has 0 aromatic heterocycles. The van der Waals surface area contributed by atoms with E-state index in [0.29, 0.717) is 37.1 Å². The Labute approximate surface area is 153 Å². The van der Waals surface area contributed by atoms with Crippen molar-refractivity contribution in [2.45, 2.75) is 79.1 Å². The molecule has 1 heterocycles. The standard InChI is InChI=1S/C20H39NO4/c1-7-19-15(5)18(23)11-21-10-12(2)8-13(3)14(4)9-17(22)16(6)20(24)25-19/h12-19,21-23H,7-11H2,1-6H3. The Morgan fingerprint density at radius 2 is 1.60 bits per heavy atom. The van der Waals surface area contributed by atoms with Crippen LogP contribution in [0, 0.1) is 29.6 Å². The van der Waals surface area contributed by atoms with E-state index in [1.165, 1.54) is 0 Å². The average Bonchev–Trinajstić information content (AvgIpc) is 2.56. The summed E-state index contributed by atoms with van der Waals surface area (Å²) in [6.07, 6.45) is 0.720. The molecule has 148 valence electrons. The molecule has 0 aliphatic carbocycles. The largest absolute Gasteiger partial charge is 0.462 e. The fourth-order valence-corrected chi connectivity index (χ4v) is 3.65. The van der Waals surface area contributed by atoms with Crippen molar-refractivity contribution in [3.63, 3.8) is 0 Å². The molecule has 5 nitrogen and oxygen atoms in total. The normalized spacial score (nSPS) is 43.0. The average molecular weight is 358 g/mol. The fraction of sp³-hybridized carbons (Fsp3) is 0.950. The van der Waals surface area contributed by atoms with E-state index in [9.17, 15) is 15.0 Å². The van der Waals surface area contributed by atoms with Crippen molar-refractivity contribution in [2.75, 3.05) is 13.1 Å². The molecule has 0 bridgehead atoms. The number of rotatable bonds is 1. The topological polar surface area (TPSA) is 78.8 Å². The summed E-state index contributed by atoms with van der Waals surface area (Å²) < 4.78 is 5.64. The number of carbonyl (C=O) groups excluding carboxylic acids is 1. The van der Waals surface area contributed by atoms with Gasteiger partial charge in [-0.15, -0.1) is 0 Å². The van der Waals surface area contributed by atoms with E-state index in [0.717, 1.165) is 13.0 Å². The third-order valence-corrected chi connectivity index (χ3v) is 6.02. The highest BCUT2D eigenvalue weighted by Gasteiger charge is 2.32. The minimum atomic E-state index is -0.693. The molecule has 1 aliphatic heterocycles. The molecule has 0 saturated carbocycles. The maximum Gasteiger partial charge on any atom is 0.311 e. The number of β-amino-alcohol motifs (C(OH)–C–C–N with tert-alkyl or cyclic N) is 1. The van der Waals surface area contributed by atoms with Crippen molar-refractivity contribution < 1.29 is 19.7 Å². The number of cyclic esters (lactones) is 1. The van der Waals surface area contributed by atoms with Crippen molar-refractivity contribution in [2.24, 2.45) is 29.6 Å². The molecule has 1 saturated heterocycles. The van der Waals surface area contributed by atoms with Gasteiger partial charge in [0.05, 0.1) is 18.1 Å². The van der Waals surface area contributed by atoms with Gasteiger partial charge in [0.15, 0.2) is 0 Å². The van der Waals surface area contributed by atoms with Gasteiger partial charge in [-0.3, -0.25) is 4.79 Å². The number of nitrogens with one attached hydrogen (secondary N) is 1. The van der Waals surface area contributed by atoms with Crippen LogP contribution in [0.5, 0.6) is 0 Å². The first kappa shape index (κ1) is 22.4. The quantitative estimate of drug-likeness (QED) is 0.629. The number of hydrogen-bond donors (Lipinski definition) is 3. The second kappa shape index (κ2) is 10.5. The monoisotopic (exact) mass is 357 g/mol. The first-order valence-corrected chi connectivity index (χ1v) is 9.94. The van der Waals surface area contributed by atoms with Crippen LogP contribution < -0.4 is 5.32 Å². The van der Waals surface area contributed by atoms with Crippen LogP contribution >= 0.6 is 0 Å². The number of hydrogen-bond acceptors (Lipinski definition) is 5. The Morgan fingerprint density at radius 3 is 2.20 bits per heavy atom. The Balaban J connectivity index is 2.91. The molecular formula is C20H39NO4. The molecule has 5 heteroatoms. The maximum absolute atomic E-state index is 12.4. The van der Waals surface area contributed by atoms with Gasteiger partial charge in [-0.1, -0.05) is 34.6 Å². The zero-order chi connectivity index (χ0) is 19.1. The van der Waals surface area contributed by atoms with E-state index in [1.807, 2.05) is 13.8 Å². The molecular weight excluding hydrogens is 318 g/mol. The summed E-state index contributed by atoms with van der Waals surface area (Å²) in [5, 5.41) is 24.3. The molecule has 0 radical (unpaired) electrons. The summed E-state index contributed by atoms with van der Waals surface area (Å²) in [4.78, 5) is 12.4. The smallest absolute Gasteiger partial charge is 0.311 e. The highest BCUT2D eigenvalue weighted by atomic mass is 16.5. The van der Waals surface area contributed by atoms with Gasteiger partial charge in [0, 0.05) is 12.5 Å². The van der Waals surface area contributed by atoms with Crippen LogP contribution in [-0.4, -0.2) is 47.6 Å². The van der Waals surface area contributed by atoms with Crippen molar-refractivity contribution in [3.8, 4) is 0 Å². The van der Waals surface area contributed by atoms with Gasteiger partial charge in [0.2, 0.25) is 0 Å². The molecule has 8 atom stereocenters. The summed E-state index contributed by atoms with van der Waals surface area (Å²) in [5.74, 6) is 0.239. The summed E-state index contributed by atoms with van der Waals surface area (Å²) in [5.41, 5.74) is 0. The van der Waals surface area contributed by atoms with Crippen LogP contribution in [0.2, 0.25) is 0 Å². The fourth-order valence-electron chi connectivity index (χ4n) is 3.65. The molecule has 1 fully saturated rings. The number of carbonyl (C=O) groups is 1. The van der Waals surface area contributed by atoms with Gasteiger partial charge in [-0.2, -0.15) is 0 Å². The predicted molar refractivity (Wildman–Crippen MR) is 100 cm³/mol. The van der Waals surface area contributed by atoms with E-state index >= 15 is 0 Å². The zero-order valence-corrected chi connectivity index (χ0v) is 16.9. The minimum Gasteiger partial charge on any atom is -0.462 e. The SMILES string of the molecule is CCC1OC(=O)C(C)C(O)CC(C)C(C)CC(C)CNCC(O)C1C. The highest BCUT2D eigenvalue weighted by molar-refractivity contribution is 5.72. The Morgan fingerprint density at radius 1 is 1.00 bits per heavy atom. The first-order valence-electron chi connectivity index (χ1n) is 9.94. The molecule has 3 N–H and O–H groups in total. The van der Waals surface area contributed by atoms with Crippen LogP contribution in [0.25, 0.3) is 0 Å². The van der Waals surface area contributed by atoms with Crippen LogP contribution in [-0.2, 0) is 9.53 Å². The summed E-state index contributed by atoms with van der Waals surface area (Å²) in [7, 11) is 0. The van der Waals surface area contributed by atoms with E-state index in [-0.39, 0.29) is 18.0 Å². The first-order chi connectivity index (χ1) is 11.7. The third kappa shape index (κ3) is 6.87. The Kier molecular flexibility index (Phi) is 9.39. The number of aliphatic hydroxyl groups is 2. The lowest BCUT2D eigenvalue weighted by molar-refractivity contribution is -0.162. The molecule has 0 aromatic rings. The van der Waals surface area contributed by atoms with Crippen LogP contribution in [0.4, 0.5) is 0 Å². The molecule has 0 spiro atoms. The van der Waals surface area contributed by atoms with Crippen LogP contribution in [0.1, 0.15) is 60.8 Å². The molecule has 8 unspecified atom stereocenters. The van der Waals surface area contributed by atoms with Gasteiger partial charge in [-0.25, -0.2) is 0 Å². The lowest BCUT2D eigenvalue weighted by Crippen LogP contribution is -2.41. The lowest BCUT2D eigenvalue weighted by Gasteiger charge is -2.29. The van der Waals surface area contributed by atoms with Crippen molar-refractivity contribution in [1.82, 2.24) is 5.32 Å². The Bertz CT molecular complexity index is 403. The zero-order valence-electron chi connectivity index (χ0n) is 16.9. The highest BCUT2D eigenvalue weighted by Crippen LogP contribution is 2.27. The molecule has 1 rings (SSSR count). The minimum absolute atomic E-state index is 0.149. The van der Waals surface area contributed by atoms with Crippen LogP contribution in [0.3, 0.4) is 0 Å². The van der Waals surface area contributed by atoms with Crippen LogP contribution in [0.15, 0.2) is 0 Å². The van der Waals surface area contributed by atoms with Crippen molar-refractivity contribution in [3.05, 3.63) is 0 Å². The Hall–Kier alpha value is -0.650. The molecule has 1 aliphatic rings. The molecule has 0 amide bonds. The number of ether oxygens (including phenoxy) is 1. The van der Waals surface area contributed by atoms with Gasteiger partial charge >= 0.3 is 5.97 Å². The van der Waals surface area contributed by atoms with Gasteiger partial charge in [0.1, 0.15) is 6.10 Å². The molecule has 25 heavy (non-hydrogen) atoms. The number of aliphatic hydroxyl groups excluding tert-OH is 2. The van der Waals surface area contributed by atoms with E-state index in [4.69, 9.17) is 4.74 Å². The van der Waals surface area contributed by atoms with E-state index in [1.54, 1.807) is 6.92 Å². The summed E-state index contributed by atoms with van der Waals surface area (Å²) >= 11 is 0. The third-order valence-electron chi connectivity index (χ3n) is 6.02. The van der Waals surface area contributed by atoms with Gasteiger partial charge < -0.3 is 20.3 Å². The van der Waals surface area contributed by atoms with E-state index < -0.39 is 18.1 Å². The van der Waals surface area contributed by atoms with Gasteiger partial charge in [-0.05, 0) is 50.5 Å². The second-order valence-electron chi connectivity index (χ2n) is 8.36. The second-order valence-corrected chi connectivity index (χ2v) is 8.36. The molecule has 0 aromatic carbocycles. The van der Waals surface area contributed by atoms with E-state index in [2.05, 4.69) is 26.1 Å². The predicted octanol–water partition coefficient (Wildman–Crippen LogP) is 2.59. The number of esters is 1. The van der Waals surface area contributed by atoms with Gasteiger partial charge in [0.25, 0.3) is 0 Å². The maximum atomic E-state index is 12.4. The lowest BCUT2D eigenvalue weighted by atomic mass is 9.82. The van der Waals surface area contributed by atoms with Crippen molar-refractivity contribution in [1.29, 1.82) is 0 Å². The summed E-state index contributed by atoms with van der Waals surface area (Å²) in [6, 6.07) is 0.